The van der Waals surface area contributed by atoms with Gasteiger partial charge in [-0.2, -0.15) is 11.8 Å². The van der Waals surface area contributed by atoms with E-state index in [1.54, 1.807) is 11.8 Å². The van der Waals surface area contributed by atoms with Crippen LogP contribution in [0.5, 0.6) is 0 Å². The Kier molecular flexibility index (Phi) is 4.85. The quantitative estimate of drug-likeness (QED) is 0.857. The first-order valence-electron chi connectivity index (χ1n) is 6.15. The molecule has 5 heteroatoms. The highest BCUT2D eigenvalue weighted by atomic mass is 32.2. The molecule has 1 aromatic heterocycles. The van der Waals surface area contributed by atoms with Gasteiger partial charge in [-0.15, -0.1) is 11.3 Å². The van der Waals surface area contributed by atoms with Crippen LogP contribution in [0.15, 0.2) is 24.3 Å². The van der Waals surface area contributed by atoms with Crippen LogP contribution in [0.1, 0.15) is 22.2 Å². The number of hydrogen-bond acceptors (Lipinski definition) is 4. The van der Waals surface area contributed by atoms with E-state index in [9.17, 15) is 9.90 Å². The lowest BCUT2D eigenvalue weighted by atomic mass is 10.1. The first-order chi connectivity index (χ1) is 9.13. The van der Waals surface area contributed by atoms with Crippen LogP contribution in [0.2, 0.25) is 0 Å². The molecule has 1 atom stereocenters. The van der Waals surface area contributed by atoms with Gasteiger partial charge in [-0.1, -0.05) is 25.1 Å². The van der Waals surface area contributed by atoms with Crippen molar-refractivity contribution in [3.05, 3.63) is 34.7 Å². The van der Waals surface area contributed by atoms with Crippen molar-refractivity contribution >= 4 is 39.2 Å². The fourth-order valence-electron chi connectivity index (χ4n) is 1.85. The molecule has 3 N–H and O–H groups in total. The molecule has 0 radical (unpaired) electrons. The molecule has 0 spiro atoms. The number of thiophene rings is 1. The van der Waals surface area contributed by atoms with E-state index in [-0.39, 0.29) is 0 Å². The van der Waals surface area contributed by atoms with E-state index in [1.165, 1.54) is 11.3 Å². The SMILES string of the molecule is CC(CN)CSCc1c(C(=O)O)sc2ccccc12. The smallest absolute Gasteiger partial charge is 0.346 e. The number of fused-ring (bicyclic) bond motifs is 1. The van der Waals surface area contributed by atoms with Crippen LogP contribution in [-0.2, 0) is 5.75 Å². The Morgan fingerprint density at radius 1 is 1.47 bits per heavy atom. The highest BCUT2D eigenvalue weighted by Crippen LogP contribution is 2.34. The number of thioether (sulfide) groups is 1. The highest BCUT2D eigenvalue weighted by Gasteiger charge is 2.17. The van der Waals surface area contributed by atoms with Crippen LogP contribution < -0.4 is 5.73 Å². The van der Waals surface area contributed by atoms with E-state index < -0.39 is 5.97 Å². The average molecular weight is 295 g/mol. The largest absolute Gasteiger partial charge is 0.477 e. The van der Waals surface area contributed by atoms with E-state index >= 15 is 0 Å². The van der Waals surface area contributed by atoms with Crippen LogP contribution >= 0.6 is 23.1 Å². The summed E-state index contributed by atoms with van der Waals surface area (Å²) in [6, 6.07) is 7.87. The van der Waals surface area contributed by atoms with Crippen molar-refractivity contribution in [3.63, 3.8) is 0 Å². The van der Waals surface area contributed by atoms with Crippen molar-refractivity contribution in [2.75, 3.05) is 12.3 Å². The summed E-state index contributed by atoms with van der Waals surface area (Å²) in [5.74, 6) is 1.32. The molecule has 0 aliphatic heterocycles. The molecule has 102 valence electrons. The topological polar surface area (TPSA) is 63.3 Å². The summed E-state index contributed by atoms with van der Waals surface area (Å²) in [6.07, 6.45) is 0. The summed E-state index contributed by atoms with van der Waals surface area (Å²) in [4.78, 5) is 11.8. The number of benzene rings is 1. The number of carboxylic acids is 1. The molecule has 2 aromatic rings. The van der Waals surface area contributed by atoms with Crippen molar-refractivity contribution in [1.82, 2.24) is 0 Å². The molecule has 1 unspecified atom stereocenters. The Hall–Kier alpha value is -1.04. The first-order valence-corrected chi connectivity index (χ1v) is 8.12. The number of aromatic carboxylic acids is 1. The molecule has 1 aromatic carbocycles. The molecule has 0 amide bonds. The fraction of sp³-hybridized carbons (Fsp3) is 0.357. The zero-order chi connectivity index (χ0) is 13.8. The van der Waals surface area contributed by atoms with Crippen molar-refractivity contribution in [3.8, 4) is 0 Å². The molecule has 19 heavy (non-hydrogen) atoms. The van der Waals surface area contributed by atoms with E-state index in [0.717, 1.165) is 27.2 Å². The van der Waals surface area contributed by atoms with Crippen LogP contribution in [-0.4, -0.2) is 23.4 Å². The minimum atomic E-state index is -0.830. The minimum Gasteiger partial charge on any atom is -0.477 e. The Balaban J connectivity index is 2.24. The molecule has 0 aliphatic carbocycles. The van der Waals surface area contributed by atoms with Gasteiger partial charge in [0.2, 0.25) is 0 Å². The molecular weight excluding hydrogens is 278 g/mol. The van der Waals surface area contributed by atoms with Crippen LogP contribution in [0.4, 0.5) is 0 Å². The number of rotatable bonds is 6. The van der Waals surface area contributed by atoms with Gasteiger partial charge in [-0.05, 0) is 35.2 Å². The van der Waals surface area contributed by atoms with Gasteiger partial charge in [-0.25, -0.2) is 4.79 Å². The van der Waals surface area contributed by atoms with Crippen molar-refractivity contribution < 1.29 is 9.90 Å². The Morgan fingerprint density at radius 2 is 2.21 bits per heavy atom. The summed E-state index contributed by atoms with van der Waals surface area (Å²) in [7, 11) is 0. The maximum absolute atomic E-state index is 11.3. The average Bonchev–Trinajstić information content (AvgIpc) is 2.78. The van der Waals surface area contributed by atoms with Gasteiger partial charge in [0.05, 0.1) is 0 Å². The number of carboxylic acid groups (broad SMARTS) is 1. The molecule has 0 fully saturated rings. The second-order valence-electron chi connectivity index (χ2n) is 4.57. The van der Waals surface area contributed by atoms with Gasteiger partial charge in [0, 0.05) is 10.5 Å². The van der Waals surface area contributed by atoms with Crippen LogP contribution in [0.3, 0.4) is 0 Å². The Labute approximate surface area is 120 Å². The summed E-state index contributed by atoms with van der Waals surface area (Å²) < 4.78 is 1.04. The molecule has 1 heterocycles. The van der Waals surface area contributed by atoms with Gasteiger partial charge in [-0.3, -0.25) is 0 Å². The van der Waals surface area contributed by atoms with Crippen molar-refractivity contribution in [2.24, 2.45) is 11.7 Å². The van der Waals surface area contributed by atoms with Gasteiger partial charge in [0.1, 0.15) is 4.88 Å². The second-order valence-corrected chi connectivity index (χ2v) is 6.65. The standard InChI is InChI=1S/C14H17NO2S2/c1-9(6-15)7-18-8-11-10-4-2-3-5-12(10)19-13(11)14(16)17/h2-5,9H,6-8,15H2,1H3,(H,16,17). The third kappa shape index (κ3) is 3.29. The predicted octanol–water partition coefficient (Wildman–Crippen LogP) is 3.43. The lowest BCUT2D eigenvalue weighted by Gasteiger charge is -2.07. The molecule has 0 saturated heterocycles. The van der Waals surface area contributed by atoms with E-state index in [4.69, 9.17) is 5.73 Å². The summed E-state index contributed by atoms with van der Waals surface area (Å²) >= 11 is 3.11. The van der Waals surface area contributed by atoms with Crippen molar-refractivity contribution in [2.45, 2.75) is 12.7 Å². The Morgan fingerprint density at radius 3 is 2.89 bits per heavy atom. The second kappa shape index (κ2) is 6.41. The van der Waals surface area contributed by atoms with Gasteiger partial charge < -0.3 is 10.8 Å². The molecule has 2 rings (SSSR count). The number of hydrogen-bond donors (Lipinski definition) is 2. The fourth-order valence-corrected chi connectivity index (χ4v) is 4.16. The number of carbonyl (C=O) groups is 1. The molecule has 0 aliphatic rings. The molecule has 0 bridgehead atoms. The minimum absolute atomic E-state index is 0.461. The summed E-state index contributed by atoms with van der Waals surface area (Å²) in [5.41, 5.74) is 6.54. The van der Waals surface area contributed by atoms with E-state index in [1.807, 2.05) is 24.3 Å². The molecule has 0 saturated carbocycles. The Bertz CT molecular complexity index is 580. The van der Waals surface area contributed by atoms with E-state index in [0.29, 0.717) is 17.3 Å². The normalized spacial score (nSPS) is 12.7. The number of nitrogens with two attached hydrogens (primary N) is 1. The monoisotopic (exact) mass is 295 g/mol. The molecular formula is C14H17NO2S2. The zero-order valence-corrected chi connectivity index (χ0v) is 12.4. The van der Waals surface area contributed by atoms with Gasteiger partial charge in [0.25, 0.3) is 0 Å². The van der Waals surface area contributed by atoms with Gasteiger partial charge >= 0.3 is 5.97 Å². The van der Waals surface area contributed by atoms with E-state index in [2.05, 4.69) is 6.92 Å². The lowest BCUT2D eigenvalue weighted by molar-refractivity contribution is 0.0701. The van der Waals surface area contributed by atoms with Crippen LogP contribution in [0.25, 0.3) is 10.1 Å². The first kappa shape index (κ1) is 14.4. The van der Waals surface area contributed by atoms with Gasteiger partial charge in [0.15, 0.2) is 0 Å². The summed E-state index contributed by atoms with van der Waals surface area (Å²) in [6.45, 7) is 2.78. The third-order valence-electron chi connectivity index (χ3n) is 2.94. The van der Waals surface area contributed by atoms with Crippen LogP contribution in [0, 0.1) is 5.92 Å². The zero-order valence-electron chi connectivity index (χ0n) is 10.8. The highest BCUT2D eigenvalue weighted by molar-refractivity contribution is 7.98. The maximum atomic E-state index is 11.3. The lowest BCUT2D eigenvalue weighted by Crippen LogP contribution is -2.12. The maximum Gasteiger partial charge on any atom is 0.346 e. The third-order valence-corrected chi connectivity index (χ3v) is 5.44. The predicted molar refractivity (Wildman–Crippen MR) is 83.2 cm³/mol. The molecule has 3 nitrogen and oxygen atoms in total. The summed E-state index contributed by atoms with van der Waals surface area (Å²) in [5, 5.41) is 10.4. The van der Waals surface area contributed by atoms with Crippen molar-refractivity contribution in [1.29, 1.82) is 0 Å².